The Morgan fingerprint density at radius 2 is 1.29 bits per heavy atom. The first kappa shape index (κ1) is 17.4. The van der Waals surface area contributed by atoms with E-state index < -0.39 is 0 Å². The minimum Gasteiger partial charge on any atom is -0.261 e. The molecule has 114 valence electrons. The normalized spacial score (nSPS) is 11.6. The number of rotatable bonds is 0. The van der Waals surface area contributed by atoms with Crippen LogP contribution in [0.4, 0.5) is 0 Å². The summed E-state index contributed by atoms with van der Waals surface area (Å²) >= 11 is 0. The highest BCUT2D eigenvalue weighted by Crippen LogP contribution is 2.24. The summed E-state index contributed by atoms with van der Waals surface area (Å²) in [6, 6.07) is 14.6. The molecule has 21 heavy (non-hydrogen) atoms. The number of hydrogen-bond donors (Lipinski definition) is 0. The molecule has 0 N–H and O–H groups in total. The lowest BCUT2D eigenvalue weighted by Gasteiger charge is -2.21. The van der Waals surface area contributed by atoms with E-state index >= 15 is 0 Å². The lowest BCUT2D eigenvalue weighted by Crippen LogP contribution is -2.12. The summed E-state index contributed by atoms with van der Waals surface area (Å²) in [6.07, 6.45) is 1.83. The molecule has 0 radical (unpaired) electrons. The van der Waals surface area contributed by atoms with E-state index in [0.717, 1.165) is 5.69 Å². The van der Waals surface area contributed by atoms with Crippen LogP contribution in [-0.4, -0.2) is 4.98 Å². The molecule has 2 rings (SSSR count). The van der Waals surface area contributed by atoms with Crippen molar-refractivity contribution in [2.45, 2.75) is 59.3 Å². The number of benzene rings is 1. The molecule has 2 aromatic rings. The molecule has 1 heterocycles. The summed E-state index contributed by atoms with van der Waals surface area (Å²) in [6.45, 7) is 15.4. The fourth-order valence-electron chi connectivity index (χ4n) is 2.22. The second kappa shape index (κ2) is 6.89. The molecule has 0 amide bonds. The van der Waals surface area contributed by atoms with Gasteiger partial charge in [-0.2, -0.15) is 0 Å². The van der Waals surface area contributed by atoms with E-state index in [0.29, 0.717) is 0 Å². The molecule has 0 atom stereocenters. The third kappa shape index (κ3) is 5.71. The van der Waals surface area contributed by atoms with Gasteiger partial charge in [-0.1, -0.05) is 71.9 Å². The summed E-state index contributed by atoms with van der Waals surface area (Å²) in [5.74, 6) is 0. The van der Waals surface area contributed by atoms with Gasteiger partial charge in [0.2, 0.25) is 0 Å². The van der Waals surface area contributed by atoms with Crippen molar-refractivity contribution in [1.29, 1.82) is 0 Å². The van der Waals surface area contributed by atoms with Gasteiger partial charge in [0.05, 0.1) is 0 Å². The second-order valence-corrected chi connectivity index (χ2v) is 7.53. The molecular weight excluding hydrogens is 254 g/mol. The quantitative estimate of drug-likeness (QED) is 0.607. The molecule has 0 aliphatic rings. The monoisotopic (exact) mass is 283 g/mol. The van der Waals surface area contributed by atoms with E-state index in [9.17, 15) is 0 Å². The van der Waals surface area contributed by atoms with Gasteiger partial charge in [-0.05, 0) is 35.6 Å². The van der Waals surface area contributed by atoms with Gasteiger partial charge < -0.3 is 0 Å². The van der Waals surface area contributed by atoms with E-state index in [2.05, 4.69) is 83.8 Å². The summed E-state index contributed by atoms with van der Waals surface area (Å²) in [7, 11) is 0. The maximum absolute atomic E-state index is 4.25. The van der Waals surface area contributed by atoms with Crippen LogP contribution in [0.2, 0.25) is 0 Å². The topological polar surface area (TPSA) is 12.9 Å². The van der Waals surface area contributed by atoms with Crippen molar-refractivity contribution in [2.24, 2.45) is 0 Å². The van der Waals surface area contributed by atoms with Crippen molar-refractivity contribution in [2.75, 3.05) is 0 Å². The SMILES string of the molecule is CC(C)(C)c1ccccn1.Cc1ccccc1C(C)(C)C. The van der Waals surface area contributed by atoms with Gasteiger partial charge in [0.1, 0.15) is 0 Å². The van der Waals surface area contributed by atoms with Gasteiger partial charge in [0.25, 0.3) is 0 Å². The van der Waals surface area contributed by atoms with Gasteiger partial charge in [-0.15, -0.1) is 0 Å². The summed E-state index contributed by atoms with van der Waals surface area (Å²) in [5, 5.41) is 0. The highest BCUT2D eigenvalue weighted by Gasteiger charge is 2.14. The fourth-order valence-corrected chi connectivity index (χ4v) is 2.22. The van der Waals surface area contributed by atoms with E-state index in [-0.39, 0.29) is 10.8 Å². The van der Waals surface area contributed by atoms with Crippen LogP contribution in [0, 0.1) is 6.92 Å². The van der Waals surface area contributed by atoms with Gasteiger partial charge in [-0.3, -0.25) is 4.98 Å². The standard InChI is InChI=1S/C11H16.C9H13N/c1-9-7-5-6-8-10(9)11(2,3)4;1-9(2,3)8-6-4-5-7-10-8/h5-8H,1-4H3;4-7H,1-3H3. The highest BCUT2D eigenvalue weighted by atomic mass is 14.7. The average molecular weight is 283 g/mol. The molecule has 0 bridgehead atoms. The largest absolute Gasteiger partial charge is 0.261 e. The van der Waals surface area contributed by atoms with Crippen LogP contribution in [0.15, 0.2) is 48.7 Å². The first-order valence-corrected chi connectivity index (χ1v) is 7.60. The Labute approximate surface area is 130 Å². The van der Waals surface area contributed by atoms with E-state index in [1.165, 1.54) is 11.1 Å². The Morgan fingerprint density at radius 3 is 1.62 bits per heavy atom. The Balaban J connectivity index is 0.000000211. The van der Waals surface area contributed by atoms with Crippen LogP contribution in [0.25, 0.3) is 0 Å². The smallest absolute Gasteiger partial charge is 0.0457 e. The lowest BCUT2D eigenvalue weighted by atomic mass is 9.84. The third-order valence-corrected chi connectivity index (χ3v) is 3.39. The molecule has 0 fully saturated rings. The summed E-state index contributed by atoms with van der Waals surface area (Å²) < 4.78 is 0. The minimum absolute atomic E-state index is 0.182. The lowest BCUT2D eigenvalue weighted by molar-refractivity contribution is 0.569. The molecule has 1 aromatic carbocycles. The predicted molar refractivity (Wildman–Crippen MR) is 92.8 cm³/mol. The average Bonchev–Trinajstić information content (AvgIpc) is 2.39. The van der Waals surface area contributed by atoms with Crippen molar-refractivity contribution in [3.63, 3.8) is 0 Å². The van der Waals surface area contributed by atoms with Crippen molar-refractivity contribution in [1.82, 2.24) is 4.98 Å². The van der Waals surface area contributed by atoms with Crippen LogP contribution in [0.1, 0.15) is 58.4 Å². The Morgan fingerprint density at radius 1 is 0.714 bits per heavy atom. The Kier molecular flexibility index (Phi) is 5.71. The van der Waals surface area contributed by atoms with Gasteiger partial charge >= 0.3 is 0 Å². The molecule has 1 nitrogen and oxygen atoms in total. The Hall–Kier alpha value is -1.63. The summed E-state index contributed by atoms with van der Waals surface area (Å²) in [5.41, 5.74) is 4.45. The van der Waals surface area contributed by atoms with Gasteiger partial charge in [-0.25, -0.2) is 0 Å². The molecule has 0 saturated carbocycles. The van der Waals surface area contributed by atoms with Crippen LogP contribution < -0.4 is 0 Å². The zero-order valence-corrected chi connectivity index (χ0v) is 14.6. The summed E-state index contributed by atoms with van der Waals surface area (Å²) in [4.78, 5) is 4.25. The molecule has 0 aliphatic carbocycles. The van der Waals surface area contributed by atoms with Crippen LogP contribution in [-0.2, 0) is 10.8 Å². The van der Waals surface area contributed by atoms with Crippen molar-refractivity contribution >= 4 is 0 Å². The molecule has 1 aromatic heterocycles. The molecule has 0 saturated heterocycles. The number of hydrogen-bond acceptors (Lipinski definition) is 1. The van der Waals surface area contributed by atoms with Gasteiger partial charge in [0.15, 0.2) is 0 Å². The number of aromatic nitrogens is 1. The van der Waals surface area contributed by atoms with Crippen LogP contribution >= 0.6 is 0 Å². The molecule has 0 unspecified atom stereocenters. The predicted octanol–water partition coefficient (Wildman–Crippen LogP) is 5.67. The van der Waals surface area contributed by atoms with Crippen molar-refractivity contribution < 1.29 is 0 Å². The molecule has 0 spiro atoms. The maximum atomic E-state index is 4.25. The minimum atomic E-state index is 0.182. The third-order valence-electron chi connectivity index (χ3n) is 3.39. The zero-order chi connectivity index (χ0) is 16.1. The zero-order valence-electron chi connectivity index (χ0n) is 14.6. The number of pyridine rings is 1. The number of nitrogens with zero attached hydrogens (tertiary/aromatic N) is 1. The van der Waals surface area contributed by atoms with Crippen LogP contribution in [0.3, 0.4) is 0 Å². The van der Waals surface area contributed by atoms with E-state index in [4.69, 9.17) is 0 Å². The van der Waals surface area contributed by atoms with Crippen molar-refractivity contribution in [3.8, 4) is 0 Å². The highest BCUT2D eigenvalue weighted by molar-refractivity contribution is 5.31. The van der Waals surface area contributed by atoms with Crippen LogP contribution in [0.5, 0.6) is 0 Å². The molecule has 1 heteroatoms. The second-order valence-electron chi connectivity index (χ2n) is 7.53. The Bertz CT molecular complexity index is 542. The molecular formula is C20H29N. The van der Waals surface area contributed by atoms with E-state index in [1.807, 2.05) is 18.3 Å². The number of aryl methyl sites for hydroxylation is 1. The van der Waals surface area contributed by atoms with E-state index in [1.54, 1.807) is 0 Å². The fraction of sp³-hybridized carbons (Fsp3) is 0.450. The first-order chi connectivity index (χ1) is 9.62. The van der Waals surface area contributed by atoms with Crippen molar-refractivity contribution in [3.05, 3.63) is 65.5 Å². The molecule has 0 aliphatic heterocycles. The first-order valence-electron chi connectivity index (χ1n) is 7.60. The maximum Gasteiger partial charge on any atom is 0.0457 e. The van der Waals surface area contributed by atoms with Gasteiger partial charge in [0, 0.05) is 17.3 Å².